The Hall–Kier alpha value is -3.95. The third kappa shape index (κ3) is 5.81. The van der Waals surface area contributed by atoms with E-state index in [4.69, 9.17) is 21.1 Å². The first-order chi connectivity index (χ1) is 17.1. The van der Waals surface area contributed by atoms with Gasteiger partial charge < -0.3 is 19.9 Å². The summed E-state index contributed by atoms with van der Waals surface area (Å²) in [5, 5.41) is 23.4. The van der Waals surface area contributed by atoms with Crippen molar-refractivity contribution in [1.82, 2.24) is 5.32 Å². The van der Waals surface area contributed by atoms with Gasteiger partial charge in [0.15, 0.2) is 0 Å². The molecule has 0 saturated heterocycles. The first-order valence-electron chi connectivity index (χ1n) is 11.6. The van der Waals surface area contributed by atoms with Gasteiger partial charge in [0.2, 0.25) is 0 Å². The van der Waals surface area contributed by atoms with Crippen molar-refractivity contribution >= 4 is 17.5 Å². The maximum absolute atomic E-state index is 12.5. The lowest BCUT2D eigenvalue weighted by Crippen LogP contribution is -2.35. The number of fused-ring (bicyclic) bond motifs is 1. The summed E-state index contributed by atoms with van der Waals surface area (Å²) in [6.45, 7) is 8.06. The van der Waals surface area contributed by atoms with Crippen molar-refractivity contribution in [3.8, 4) is 23.3 Å². The zero-order valence-electron chi connectivity index (χ0n) is 20.2. The van der Waals surface area contributed by atoms with Gasteiger partial charge in [0, 0.05) is 41.1 Å². The minimum atomic E-state index is -0.517. The third-order valence-electron chi connectivity index (χ3n) is 6.05. The summed E-state index contributed by atoms with van der Waals surface area (Å²) >= 11 is 5.90. The highest BCUT2D eigenvalue weighted by Gasteiger charge is 2.36. The molecule has 0 saturated carbocycles. The topological polar surface area (TPSA) is 91.6 Å². The molecule has 3 aromatic rings. The Balaban J connectivity index is 1.45. The second kappa shape index (κ2) is 10.3. The molecule has 0 radical (unpaired) electrons. The van der Waals surface area contributed by atoms with E-state index < -0.39 is 5.60 Å². The van der Waals surface area contributed by atoms with Crippen molar-refractivity contribution in [3.05, 3.63) is 100 Å². The number of aliphatic hydroxyl groups is 1. The van der Waals surface area contributed by atoms with Gasteiger partial charge in [-0.2, -0.15) is 5.26 Å². The highest BCUT2D eigenvalue weighted by molar-refractivity contribution is 6.30. The summed E-state index contributed by atoms with van der Waals surface area (Å²) in [5.74, 6) is 0.860. The van der Waals surface area contributed by atoms with E-state index in [0.717, 1.165) is 5.56 Å². The van der Waals surface area contributed by atoms with E-state index in [1.54, 1.807) is 36.4 Å². The molecule has 7 heteroatoms. The first kappa shape index (κ1) is 25.2. The molecule has 0 fully saturated rings. The van der Waals surface area contributed by atoms with E-state index in [-0.39, 0.29) is 17.6 Å². The molecule has 1 atom stereocenters. The number of carbonyl (C=O) groups excluding carboxylic acids is 1. The Labute approximate surface area is 215 Å². The smallest absolute Gasteiger partial charge is 0.251 e. The van der Waals surface area contributed by atoms with Crippen LogP contribution in [-0.4, -0.2) is 23.2 Å². The molecule has 36 heavy (non-hydrogen) atoms. The fourth-order valence-electron chi connectivity index (χ4n) is 4.22. The van der Waals surface area contributed by atoms with Crippen LogP contribution in [0.5, 0.6) is 17.2 Å². The van der Waals surface area contributed by atoms with Gasteiger partial charge in [-0.25, -0.2) is 0 Å². The zero-order valence-corrected chi connectivity index (χ0v) is 20.9. The van der Waals surface area contributed by atoms with Crippen LogP contribution < -0.4 is 14.8 Å². The minimum absolute atomic E-state index is 0.0345. The van der Waals surface area contributed by atoms with E-state index in [1.165, 1.54) is 0 Å². The van der Waals surface area contributed by atoms with E-state index in [2.05, 4.69) is 18.0 Å². The lowest BCUT2D eigenvalue weighted by Gasteiger charge is -2.37. The van der Waals surface area contributed by atoms with Crippen LogP contribution in [0.15, 0.2) is 73.0 Å². The molecule has 6 nitrogen and oxygen atoms in total. The highest BCUT2D eigenvalue weighted by atomic mass is 35.5. The van der Waals surface area contributed by atoms with E-state index >= 15 is 0 Å². The quantitative estimate of drug-likeness (QED) is 0.351. The lowest BCUT2D eigenvalue weighted by molar-refractivity contribution is 0.0703. The summed E-state index contributed by atoms with van der Waals surface area (Å²) in [7, 11) is 0. The number of ether oxygens (including phenoxy) is 2. The molecule has 0 aromatic heterocycles. The minimum Gasteiger partial charge on any atom is -0.512 e. The van der Waals surface area contributed by atoms with Crippen molar-refractivity contribution in [3.63, 3.8) is 0 Å². The van der Waals surface area contributed by atoms with Gasteiger partial charge in [-0.3, -0.25) is 4.79 Å². The Morgan fingerprint density at radius 3 is 2.56 bits per heavy atom. The molecule has 0 bridgehead atoms. The lowest BCUT2D eigenvalue weighted by atomic mass is 9.83. The Bertz CT molecular complexity index is 1330. The number of nitrogens with zero attached hydrogens (tertiary/aromatic N) is 1. The summed E-state index contributed by atoms with van der Waals surface area (Å²) in [4.78, 5) is 12.5. The average molecular weight is 503 g/mol. The molecule has 1 aliphatic rings. The molecular weight excluding hydrogens is 476 g/mol. The van der Waals surface area contributed by atoms with Gasteiger partial charge in [0.05, 0.1) is 11.3 Å². The third-order valence-corrected chi connectivity index (χ3v) is 6.30. The van der Waals surface area contributed by atoms with Gasteiger partial charge in [-0.1, -0.05) is 30.3 Å². The largest absolute Gasteiger partial charge is 0.512 e. The van der Waals surface area contributed by atoms with Crippen LogP contribution in [0.3, 0.4) is 0 Å². The van der Waals surface area contributed by atoms with Crippen molar-refractivity contribution in [2.24, 2.45) is 0 Å². The molecule has 0 spiro atoms. The number of carbonyl (C=O) groups is 1. The average Bonchev–Trinajstić information content (AvgIpc) is 2.84. The number of amides is 1. The van der Waals surface area contributed by atoms with Gasteiger partial charge in [0.25, 0.3) is 5.91 Å². The second-order valence-electron chi connectivity index (χ2n) is 9.37. The molecular formula is C29H27ClN2O4. The second-order valence-corrected chi connectivity index (χ2v) is 9.80. The van der Waals surface area contributed by atoms with Gasteiger partial charge in [0.1, 0.15) is 28.9 Å². The monoisotopic (exact) mass is 502 g/mol. The summed E-state index contributed by atoms with van der Waals surface area (Å²) in [6.07, 6.45) is 1.24. The molecule has 0 aliphatic carbocycles. The molecule has 184 valence electrons. The summed E-state index contributed by atoms with van der Waals surface area (Å²) in [5.41, 5.74) is 2.09. The number of aliphatic hydroxyl groups excluding tert-OH is 1. The fourth-order valence-corrected chi connectivity index (χ4v) is 4.35. The van der Waals surface area contributed by atoms with E-state index in [0.29, 0.717) is 58.3 Å². The van der Waals surface area contributed by atoms with Crippen molar-refractivity contribution in [2.75, 3.05) is 6.54 Å². The molecule has 2 N–H and O–H groups in total. The predicted octanol–water partition coefficient (Wildman–Crippen LogP) is 6.69. The van der Waals surface area contributed by atoms with Crippen molar-refractivity contribution in [2.45, 2.75) is 38.2 Å². The first-order valence-corrected chi connectivity index (χ1v) is 12.0. The Morgan fingerprint density at radius 1 is 1.22 bits per heavy atom. The normalized spacial score (nSPS) is 15.7. The number of hydrogen-bond donors (Lipinski definition) is 2. The van der Waals surface area contributed by atoms with Crippen LogP contribution in [0, 0.1) is 11.3 Å². The van der Waals surface area contributed by atoms with Crippen molar-refractivity contribution in [1.29, 1.82) is 5.26 Å². The van der Waals surface area contributed by atoms with Crippen LogP contribution in [0.1, 0.15) is 53.2 Å². The fraction of sp³-hybridized carbons (Fsp3) is 0.241. The van der Waals surface area contributed by atoms with Crippen LogP contribution in [0.2, 0.25) is 5.02 Å². The Kier molecular flexibility index (Phi) is 7.23. The SMILES string of the molecule is C=C(O)C1CC(C)(C)Oc2cc(Oc3ccc(C(=O)NCCc4ccc(Cl)cc4)cc3)c(C#N)cc21. The van der Waals surface area contributed by atoms with Gasteiger partial charge >= 0.3 is 0 Å². The van der Waals surface area contributed by atoms with E-state index in [9.17, 15) is 15.2 Å². The molecule has 1 amide bonds. The van der Waals surface area contributed by atoms with Crippen LogP contribution >= 0.6 is 11.6 Å². The number of allylic oxidation sites excluding steroid dienone is 1. The maximum Gasteiger partial charge on any atom is 0.251 e. The number of hydrogen-bond acceptors (Lipinski definition) is 5. The van der Waals surface area contributed by atoms with Gasteiger partial charge in [-0.05, 0) is 68.3 Å². The number of benzene rings is 3. The van der Waals surface area contributed by atoms with Crippen LogP contribution in [0.25, 0.3) is 0 Å². The van der Waals surface area contributed by atoms with Crippen LogP contribution in [0.4, 0.5) is 0 Å². The number of rotatable bonds is 7. The molecule has 3 aromatic carbocycles. The van der Waals surface area contributed by atoms with Crippen LogP contribution in [-0.2, 0) is 6.42 Å². The number of nitriles is 1. The molecule has 1 unspecified atom stereocenters. The molecule has 4 rings (SSSR count). The maximum atomic E-state index is 12.5. The highest BCUT2D eigenvalue weighted by Crippen LogP contribution is 2.46. The molecule has 1 aliphatic heterocycles. The summed E-state index contributed by atoms with van der Waals surface area (Å²) < 4.78 is 12.1. The number of halogens is 1. The molecule has 1 heterocycles. The zero-order chi connectivity index (χ0) is 25.9. The standard InChI is InChI=1S/C29H27ClN2O4/c1-18(33)25-16-29(2,3)36-27-15-26(21(17-31)14-24(25)27)35-23-10-6-20(7-11-23)28(34)32-13-12-19-4-8-22(30)9-5-19/h4-11,14-15,25,33H,1,12-13,16H2,2-3H3,(H,32,34). The number of nitrogens with one attached hydrogen (secondary N) is 1. The van der Waals surface area contributed by atoms with Gasteiger partial charge in [-0.15, -0.1) is 0 Å². The summed E-state index contributed by atoms with van der Waals surface area (Å²) in [6, 6.07) is 19.7. The predicted molar refractivity (Wildman–Crippen MR) is 139 cm³/mol. The Morgan fingerprint density at radius 2 is 1.92 bits per heavy atom. The van der Waals surface area contributed by atoms with Crippen molar-refractivity contribution < 1.29 is 19.4 Å². The van der Waals surface area contributed by atoms with E-state index in [1.807, 2.05) is 38.1 Å².